The van der Waals surface area contributed by atoms with Crippen LogP contribution in [0.1, 0.15) is 0 Å². The van der Waals surface area contributed by atoms with Gasteiger partial charge in [-0.05, 0) is 40.8 Å². The van der Waals surface area contributed by atoms with Gasteiger partial charge in [0.05, 0.1) is 0 Å². The summed E-state index contributed by atoms with van der Waals surface area (Å²) in [6.07, 6.45) is 5.54. The Balaban J connectivity index is 2.32. The molecular weight excluding hydrogens is 313 g/mol. The van der Waals surface area contributed by atoms with Gasteiger partial charge < -0.3 is 5.32 Å². The molecular formula is C12H12IN3. The third kappa shape index (κ3) is 2.44. The Hall–Kier alpha value is -1.30. The van der Waals surface area contributed by atoms with Crippen LogP contribution >= 0.6 is 22.6 Å². The fraction of sp³-hybridized carbons (Fsp3) is 0.0833. The molecule has 0 radical (unpaired) electrons. The van der Waals surface area contributed by atoms with Gasteiger partial charge in [0.1, 0.15) is 0 Å². The number of aromatic nitrogens is 2. The lowest BCUT2D eigenvalue weighted by Gasteiger charge is -2.08. The zero-order valence-electron chi connectivity index (χ0n) is 8.73. The zero-order valence-corrected chi connectivity index (χ0v) is 10.9. The number of nitrogens with one attached hydrogen (secondary N) is 1. The standard InChI is InChI=1S/C12H12IN3/c1-2-6-14-12-15-7-8-16(12)11-5-3-4-10(13)9-11/h2-5,7-9H,1,6H2,(H,14,15). The van der Waals surface area contributed by atoms with Crippen LogP contribution in [0.3, 0.4) is 0 Å². The van der Waals surface area contributed by atoms with Crippen molar-refractivity contribution in [2.24, 2.45) is 0 Å². The molecule has 2 aromatic rings. The highest BCUT2D eigenvalue weighted by Crippen LogP contribution is 2.16. The summed E-state index contributed by atoms with van der Waals surface area (Å²) in [6.45, 7) is 4.39. The van der Waals surface area contributed by atoms with Crippen LogP contribution in [0.4, 0.5) is 5.95 Å². The number of halogens is 1. The summed E-state index contributed by atoms with van der Waals surface area (Å²) in [5, 5.41) is 3.19. The molecule has 2 rings (SSSR count). The largest absolute Gasteiger partial charge is 0.352 e. The van der Waals surface area contributed by atoms with Crippen molar-refractivity contribution in [3.05, 3.63) is 52.9 Å². The molecule has 1 aromatic carbocycles. The molecule has 1 N–H and O–H groups in total. The van der Waals surface area contributed by atoms with Gasteiger partial charge in [0, 0.05) is 28.2 Å². The molecule has 0 aliphatic rings. The molecule has 0 aliphatic heterocycles. The van der Waals surface area contributed by atoms with Gasteiger partial charge in [-0.15, -0.1) is 6.58 Å². The van der Waals surface area contributed by atoms with Crippen molar-refractivity contribution in [3.63, 3.8) is 0 Å². The molecule has 1 aromatic heterocycles. The van der Waals surface area contributed by atoms with Crippen LogP contribution < -0.4 is 5.32 Å². The number of hydrogen-bond acceptors (Lipinski definition) is 2. The second-order valence-corrected chi connectivity index (χ2v) is 4.52. The Morgan fingerprint density at radius 2 is 2.38 bits per heavy atom. The van der Waals surface area contributed by atoms with E-state index in [0.717, 1.165) is 11.6 Å². The smallest absolute Gasteiger partial charge is 0.207 e. The zero-order chi connectivity index (χ0) is 11.4. The average Bonchev–Trinajstić information content (AvgIpc) is 2.74. The Labute approximate surface area is 108 Å². The van der Waals surface area contributed by atoms with Gasteiger partial charge in [-0.25, -0.2) is 4.98 Å². The Morgan fingerprint density at radius 1 is 1.50 bits per heavy atom. The van der Waals surface area contributed by atoms with E-state index in [1.54, 1.807) is 6.20 Å². The Bertz CT molecular complexity index is 491. The molecule has 0 saturated carbocycles. The van der Waals surface area contributed by atoms with Crippen molar-refractivity contribution >= 4 is 28.5 Å². The van der Waals surface area contributed by atoms with Crippen LogP contribution in [0.2, 0.25) is 0 Å². The maximum atomic E-state index is 4.26. The first-order valence-corrected chi connectivity index (χ1v) is 6.03. The number of benzene rings is 1. The third-order valence-corrected chi connectivity index (χ3v) is 2.80. The van der Waals surface area contributed by atoms with Crippen LogP contribution in [-0.2, 0) is 0 Å². The number of rotatable bonds is 4. The lowest BCUT2D eigenvalue weighted by Crippen LogP contribution is -2.05. The van der Waals surface area contributed by atoms with Crippen molar-refractivity contribution in [2.45, 2.75) is 0 Å². The average molecular weight is 325 g/mol. The van der Waals surface area contributed by atoms with Gasteiger partial charge >= 0.3 is 0 Å². The predicted octanol–water partition coefficient (Wildman–Crippen LogP) is 3.07. The van der Waals surface area contributed by atoms with Gasteiger partial charge in [0.25, 0.3) is 0 Å². The molecule has 0 spiro atoms. The number of anilines is 1. The number of hydrogen-bond donors (Lipinski definition) is 1. The molecule has 0 unspecified atom stereocenters. The minimum absolute atomic E-state index is 0.709. The Morgan fingerprint density at radius 3 is 3.12 bits per heavy atom. The summed E-state index contributed by atoms with van der Waals surface area (Å²) in [5.74, 6) is 0.835. The molecule has 3 nitrogen and oxygen atoms in total. The minimum Gasteiger partial charge on any atom is -0.352 e. The highest BCUT2D eigenvalue weighted by molar-refractivity contribution is 14.1. The molecule has 0 amide bonds. The second-order valence-electron chi connectivity index (χ2n) is 3.27. The molecule has 0 bridgehead atoms. The molecule has 0 atom stereocenters. The molecule has 0 fully saturated rings. The van der Waals surface area contributed by atoms with Crippen molar-refractivity contribution in [3.8, 4) is 5.69 Å². The van der Waals surface area contributed by atoms with Crippen LogP contribution in [0.15, 0.2) is 49.3 Å². The van der Waals surface area contributed by atoms with Crippen LogP contribution in [0.5, 0.6) is 0 Å². The third-order valence-electron chi connectivity index (χ3n) is 2.13. The molecule has 4 heteroatoms. The molecule has 1 heterocycles. The van der Waals surface area contributed by atoms with E-state index in [4.69, 9.17) is 0 Å². The van der Waals surface area contributed by atoms with E-state index in [-0.39, 0.29) is 0 Å². The minimum atomic E-state index is 0.709. The quantitative estimate of drug-likeness (QED) is 0.692. The van der Waals surface area contributed by atoms with E-state index in [2.05, 4.69) is 57.7 Å². The van der Waals surface area contributed by atoms with E-state index in [1.807, 2.05) is 22.9 Å². The first kappa shape index (κ1) is 11.2. The highest BCUT2D eigenvalue weighted by Gasteiger charge is 2.03. The fourth-order valence-electron chi connectivity index (χ4n) is 1.43. The van der Waals surface area contributed by atoms with Crippen molar-refractivity contribution in [2.75, 3.05) is 11.9 Å². The maximum Gasteiger partial charge on any atom is 0.207 e. The summed E-state index contributed by atoms with van der Waals surface area (Å²) in [5.41, 5.74) is 1.11. The monoisotopic (exact) mass is 325 g/mol. The van der Waals surface area contributed by atoms with Gasteiger partial charge in [-0.3, -0.25) is 4.57 Å². The molecule has 0 aliphatic carbocycles. The molecule has 16 heavy (non-hydrogen) atoms. The first-order chi connectivity index (χ1) is 7.81. The van der Waals surface area contributed by atoms with Gasteiger partial charge in [-0.1, -0.05) is 12.1 Å². The number of nitrogens with zero attached hydrogens (tertiary/aromatic N) is 2. The predicted molar refractivity (Wildman–Crippen MR) is 75.0 cm³/mol. The second kappa shape index (κ2) is 5.16. The highest BCUT2D eigenvalue weighted by atomic mass is 127. The summed E-state index contributed by atoms with van der Waals surface area (Å²) in [6, 6.07) is 8.27. The van der Waals surface area contributed by atoms with E-state index in [9.17, 15) is 0 Å². The molecule has 82 valence electrons. The summed E-state index contributed by atoms with van der Waals surface area (Å²) in [7, 11) is 0. The van der Waals surface area contributed by atoms with Gasteiger partial charge in [0.2, 0.25) is 5.95 Å². The van der Waals surface area contributed by atoms with Crippen molar-refractivity contribution < 1.29 is 0 Å². The van der Waals surface area contributed by atoms with Gasteiger partial charge in [0.15, 0.2) is 0 Å². The summed E-state index contributed by atoms with van der Waals surface area (Å²) < 4.78 is 3.23. The lowest BCUT2D eigenvalue weighted by molar-refractivity contribution is 1.04. The van der Waals surface area contributed by atoms with E-state index in [1.165, 1.54) is 3.57 Å². The SMILES string of the molecule is C=CCNc1nccn1-c1cccc(I)c1. The number of imidazole rings is 1. The van der Waals surface area contributed by atoms with Crippen molar-refractivity contribution in [1.82, 2.24) is 9.55 Å². The Kier molecular flexibility index (Phi) is 3.61. The van der Waals surface area contributed by atoms with Crippen LogP contribution in [-0.4, -0.2) is 16.1 Å². The van der Waals surface area contributed by atoms with Crippen LogP contribution in [0, 0.1) is 3.57 Å². The van der Waals surface area contributed by atoms with Crippen LogP contribution in [0.25, 0.3) is 5.69 Å². The van der Waals surface area contributed by atoms with E-state index in [0.29, 0.717) is 6.54 Å². The van der Waals surface area contributed by atoms with E-state index < -0.39 is 0 Å². The fourth-order valence-corrected chi connectivity index (χ4v) is 1.96. The first-order valence-electron chi connectivity index (χ1n) is 4.95. The lowest BCUT2D eigenvalue weighted by atomic mass is 10.3. The summed E-state index contributed by atoms with van der Waals surface area (Å²) >= 11 is 2.30. The molecule has 0 saturated heterocycles. The van der Waals surface area contributed by atoms with E-state index >= 15 is 0 Å². The maximum absolute atomic E-state index is 4.26. The van der Waals surface area contributed by atoms with Gasteiger partial charge in [-0.2, -0.15) is 0 Å². The topological polar surface area (TPSA) is 29.9 Å². The summed E-state index contributed by atoms with van der Waals surface area (Å²) in [4.78, 5) is 4.26. The van der Waals surface area contributed by atoms with Crippen molar-refractivity contribution in [1.29, 1.82) is 0 Å². The normalized spacial score (nSPS) is 10.1.